The molecule has 0 saturated heterocycles. The van der Waals surface area contributed by atoms with Gasteiger partial charge in [0.25, 0.3) is 5.91 Å². The van der Waals surface area contributed by atoms with E-state index in [1.54, 1.807) is 0 Å². The van der Waals surface area contributed by atoms with Crippen molar-refractivity contribution in [1.82, 2.24) is 14.9 Å². The summed E-state index contributed by atoms with van der Waals surface area (Å²) in [6.45, 7) is 7.09. The van der Waals surface area contributed by atoms with Crippen molar-refractivity contribution in [3.8, 4) is 0 Å². The Bertz CT molecular complexity index is 707. The first-order valence-electron chi connectivity index (χ1n) is 7.76. The molecule has 0 saturated carbocycles. The molecule has 1 aromatic heterocycles. The van der Waals surface area contributed by atoms with E-state index in [1.807, 2.05) is 24.5 Å². The zero-order chi connectivity index (χ0) is 17.5. The number of halogens is 1. The van der Waals surface area contributed by atoms with Crippen LogP contribution in [0.15, 0.2) is 35.6 Å². The lowest BCUT2D eigenvalue weighted by Gasteiger charge is -2.18. The quantitative estimate of drug-likeness (QED) is 0.595. The Morgan fingerprint density at radius 1 is 1.33 bits per heavy atom. The first-order valence-corrected chi connectivity index (χ1v) is 9.36. The third-order valence-corrected chi connectivity index (χ3v) is 4.44. The van der Waals surface area contributed by atoms with Gasteiger partial charge in [-0.3, -0.25) is 9.69 Å². The summed E-state index contributed by atoms with van der Waals surface area (Å²) in [5.41, 5.74) is 2.06. The predicted octanol–water partition coefficient (Wildman–Crippen LogP) is 3.95. The maximum atomic E-state index is 12.4. The Morgan fingerprint density at radius 3 is 2.75 bits per heavy atom. The molecule has 0 radical (unpaired) electrons. The van der Waals surface area contributed by atoms with Crippen molar-refractivity contribution in [1.29, 1.82) is 0 Å². The van der Waals surface area contributed by atoms with Gasteiger partial charge in [-0.05, 0) is 37.0 Å². The van der Waals surface area contributed by atoms with Crippen LogP contribution < -0.4 is 5.32 Å². The third-order valence-electron chi connectivity index (χ3n) is 3.61. The number of benzene rings is 1. The number of rotatable bonds is 7. The lowest BCUT2D eigenvalue weighted by atomic mass is 10.2. The summed E-state index contributed by atoms with van der Waals surface area (Å²) in [6.07, 6.45) is 3.30. The van der Waals surface area contributed by atoms with E-state index >= 15 is 0 Å². The molecular formula is C17H21ClN4OS. The minimum atomic E-state index is -0.335. The second-order valence-corrected chi connectivity index (χ2v) is 6.35. The van der Waals surface area contributed by atoms with Crippen molar-refractivity contribution in [2.24, 2.45) is 0 Å². The third kappa shape index (κ3) is 4.93. The molecule has 0 aliphatic rings. The van der Waals surface area contributed by atoms with Crippen LogP contribution in [0.1, 0.15) is 29.9 Å². The van der Waals surface area contributed by atoms with E-state index in [0.29, 0.717) is 5.16 Å². The second-order valence-electron chi connectivity index (χ2n) is 5.17. The summed E-state index contributed by atoms with van der Waals surface area (Å²) in [6, 6.07) is 7.82. The standard InChI is InChI=1S/C17H21ClN4OS/c1-4-22(5-2)11-12-7-6-8-13(9-12)20-16(23)15-14(18)10-19-17(21-15)24-3/h6-10H,4-5,11H2,1-3H3,(H,20,23). The molecule has 0 bridgehead atoms. The van der Waals surface area contributed by atoms with Crippen LogP contribution in [0.4, 0.5) is 5.69 Å². The molecule has 0 atom stereocenters. The first kappa shape index (κ1) is 18.7. The highest BCUT2D eigenvalue weighted by Crippen LogP contribution is 2.19. The van der Waals surface area contributed by atoms with Gasteiger partial charge in [-0.1, -0.05) is 49.3 Å². The Balaban J connectivity index is 2.14. The maximum Gasteiger partial charge on any atom is 0.275 e. The zero-order valence-electron chi connectivity index (χ0n) is 14.0. The number of thioether (sulfide) groups is 1. The highest BCUT2D eigenvalue weighted by atomic mass is 35.5. The molecule has 0 fully saturated rings. The van der Waals surface area contributed by atoms with Crippen molar-refractivity contribution < 1.29 is 4.79 Å². The van der Waals surface area contributed by atoms with Crippen molar-refractivity contribution in [2.75, 3.05) is 24.7 Å². The molecule has 1 amide bonds. The van der Waals surface area contributed by atoms with Gasteiger partial charge < -0.3 is 5.32 Å². The summed E-state index contributed by atoms with van der Waals surface area (Å²) in [5.74, 6) is -0.335. The molecule has 1 N–H and O–H groups in total. The number of amides is 1. The monoisotopic (exact) mass is 364 g/mol. The molecule has 0 unspecified atom stereocenters. The molecule has 0 aliphatic carbocycles. The molecular weight excluding hydrogens is 344 g/mol. The van der Waals surface area contributed by atoms with Gasteiger partial charge in [-0.2, -0.15) is 0 Å². The van der Waals surface area contributed by atoms with E-state index in [4.69, 9.17) is 11.6 Å². The van der Waals surface area contributed by atoms with E-state index in [-0.39, 0.29) is 16.6 Å². The number of anilines is 1. The van der Waals surface area contributed by atoms with Gasteiger partial charge in [0, 0.05) is 12.2 Å². The fourth-order valence-corrected chi connectivity index (χ4v) is 2.77. The van der Waals surface area contributed by atoms with Crippen molar-refractivity contribution in [3.63, 3.8) is 0 Å². The van der Waals surface area contributed by atoms with Crippen LogP contribution in [0.3, 0.4) is 0 Å². The molecule has 24 heavy (non-hydrogen) atoms. The minimum Gasteiger partial charge on any atom is -0.321 e. The first-order chi connectivity index (χ1) is 11.6. The van der Waals surface area contributed by atoms with Crippen molar-refractivity contribution in [2.45, 2.75) is 25.5 Å². The number of carbonyl (C=O) groups is 1. The second kappa shape index (κ2) is 9.01. The smallest absolute Gasteiger partial charge is 0.275 e. The van der Waals surface area contributed by atoms with Gasteiger partial charge in [0.15, 0.2) is 10.9 Å². The fraction of sp³-hybridized carbons (Fsp3) is 0.353. The number of hydrogen-bond acceptors (Lipinski definition) is 5. The molecule has 5 nitrogen and oxygen atoms in total. The molecule has 2 aromatic rings. The Morgan fingerprint density at radius 2 is 2.08 bits per heavy atom. The van der Waals surface area contributed by atoms with Crippen LogP contribution in [0.2, 0.25) is 5.02 Å². The average molecular weight is 365 g/mol. The van der Waals surface area contributed by atoms with Crippen LogP contribution in [-0.4, -0.2) is 40.1 Å². The van der Waals surface area contributed by atoms with Gasteiger partial charge in [0.05, 0.1) is 11.2 Å². The number of aromatic nitrogens is 2. The van der Waals surface area contributed by atoms with Crippen LogP contribution in [0, 0.1) is 0 Å². The molecule has 0 aliphatic heterocycles. The van der Waals surface area contributed by atoms with Crippen molar-refractivity contribution in [3.05, 3.63) is 46.7 Å². The summed E-state index contributed by atoms with van der Waals surface area (Å²) in [5, 5.41) is 3.61. The average Bonchev–Trinajstić information content (AvgIpc) is 2.60. The SMILES string of the molecule is CCN(CC)Cc1cccc(NC(=O)c2nc(SC)ncc2Cl)c1. The summed E-state index contributed by atoms with van der Waals surface area (Å²) in [7, 11) is 0. The van der Waals surface area contributed by atoms with E-state index < -0.39 is 0 Å². The van der Waals surface area contributed by atoms with Gasteiger partial charge >= 0.3 is 0 Å². The summed E-state index contributed by atoms with van der Waals surface area (Å²) < 4.78 is 0. The van der Waals surface area contributed by atoms with Gasteiger partial charge in [-0.15, -0.1) is 0 Å². The molecule has 1 heterocycles. The Hall–Kier alpha value is -1.63. The highest BCUT2D eigenvalue weighted by molar-refractivity contribution is 7.98. The molecule has 1 aromatic carbocycles. The van der Waals surface area contributed by atoms with E-state index in [1.165, 1.54) is 18.0 Å². The van der Waals surface area contributed by atoms with Crippen LogP contribution >= 0.6 is 23.4 Å². The minimum absolute atomic E-state index is 0.185. The number of hydrogen-bond donors (Lipinski definition) is 1. The zero-order valence-corrected chi connectivity index (χ0v) is 15.6. The van der Waals surface area contributed by atoms with Crippen LogP contribution in [0.5, 0.6) is 0 Å². The van der Waals surface area contributed by atoms with E-state index in [0.717, 1.165) is 30.9 Å². The Labute approximate surface area is 151 Å². The molecule has 2 rings (SSSR count). The van der Waals surface area contributed by atoms with Crippen LogP contribution in [0.25, 0.3) is 0 Å². The predicted molar refractivity (Wildman–Crippen MR) is 99.8 cm³/mol. The van der Waals surface area contributed by atoms with E-state index in [2.05, 4.69) is 40.1 Å². The van der Waals surface area contributed by atoms with Gasteiger partial charge in [0.1, 0.15) is 0 Å². The topological polar surface area (TPSA) is 58.1 Å². The van der Waals surface area contributed by atoms with Gasteiger partial charge in [0.2, 0.25) is 0 Å². The number of carbonyl (C=O) groups excluding carboxylic acids is 1. The van der Waals surface area contributed by atoms with Gasteiger partial charge in [-0.25, -0.2) is 9.97 Å². The largest absolute Gasteiger partial charge is 0.321 e. The summed E-state index contributed by atoms with van der Waals surface area (Å²) in [4.78, 5) is 23.0. The lowest BCUT2D eigenvalue weighted by molar-refractivity contribution is 0.102. The molecule has 128 valence electrons. The Kier molecular flexibility index (Phi) is 7.02. The van der Waals surface area contributed by atoms with Crippen LogP contribution in [-0.2, 0) is 6.54 Å². The molecule has 7 heteroatoms. The maximum absolute atomic E-state index is 12.4. The fourth-order valence-electron chi connectivity index (χ4n) is 2.25. The number of nitrogens with zero attached hydrogens (tertiary/aromatic N) is 3. The summed E-state index contributed by atoms with van der Waals surface area (Å²) >= 11 is 7.41. The van der Waals surface area contributed by atoms with Crippen molar-refractivity contribution >= 4 is 35.0 Å². The highest BCUT2D eigenvalue weighted by Gasteiger charge is 2.14. The normalized spacial score (nSPS) is 10.9. The molecule has 0 spiro atoms. The lowest BCUT2D eigenvalue weighted by Crippen LogP contribution is -2.22. The number of nitrogens with one attached hydrogen (secondary N) is 1. The van der Waals surface area contributed by atoms with E-state index in [9.17, 15) is 4.79 Å².